The normalized spacial score (nSPS) is 12.1. The van der Waals surface area contributed by atoms with E-state index in [0.29, 0.717) is 6.07 Å². The Balaban J connectivity index is 2.77. The van der Waals surface area contributed by atoms with Gasteiger partial charge < -0.3 is 5.32 Å². The fourth-order valence-electron chi connectivity index (χ4n) is 1.50. The second-order valence-electron chi connectivity index (χ2n) is 4.46. The van der Waals surface area contributed by atoms with Gasteiger partial charge in [0.1, 0.15) is 15.7 Å². The average molecular weight is 338 g/mol. The first-order chi connectivity index (χ1) is 9.49. The van der Waals surface area contributed by atoms with Crippen LogP contribution >= 0.6 is 0 Å². The van der Waals surface area contributed by atoms with Gasteiger partial charge in [-0.2, -0.15) is 0 Å². The summed E-state index contributed by atoms with van der Waals surface area (Å²) in [4.78, 5) is 11.2. The van der Waals surface area contributed by atoms with Gasteiger partial charge in [0, 0.05) is 18.4 Å². The lowest BCUT2D eigenvalue weighted by molar-refractivity contribution is 0.0953. The number of rotatable bonds is 6. The van der Waals surface area contributed by atoms with E-state index >= 15 is 0 Å². The van der Waals surface area contributed by atoms with Crippen molar-refractivity contribution >= 4 is 25.8 Å². The van der Waals surface area contributed by atoms with Crippen molar-refractivity contribution in [2.75, 3.05) is 18.6 Å². The highest BCUT2D eigenvalue weighted by atomic mass is 32.2. The largest absolute Gasteiger partial charge is 0.352 e. The molecule has 0 radical (unpaired) electrons. The molecule has 0 fully saturated rings. The number of nitrogens with one attached hydrogen (secondary N) is 1. The number of nitrogens with two attached hydrogens (primary N) is 1. The SMILES string of the molecule is CS(=O)(=O)CCCNC(=O)c1cc(F)cc(S(N)(=O)=O)c1. The van der Waals surface area contributed by atoms with Crippen molar-refractivity contribution in [2.24, 2.45) is 5.14 Å². The zero-order chi connectivity index (χ0) is 16.3. The Bertz CT molecular complexity index is 744. The summed E-state index contributed by atoms with van der Waals surface area (Å²) in [6.07, 6.45) is 1.27. The predicted octanol–water partition coefficient (Wildman–Crippen LogP) is -0.362. The van der Waals surface area contributed by atoms with Crippen LogP contribution < -0.4 is 10.5 Å². The molecule has 0 bridgehead atoms. The smallest absolute Gasteiger partial charge is 0.251 e. The fourth-order valence-corrected chi connectivity index (χ4v) is 2.73. The van der Waals surface area contributed by atoms with Crippen LogP contribution in [-0.2, 0) is 19.9 Å². The molecule has 0 atom stereocenters. The number of sulfone groups is 1. The third kappa shape index (κ3) is 6.19. The molecule has 10 heteroatoms. The number of hydrogen-bond acceptors (Lipinski definition) is 5. The van der Waals surface area contributed by atoms with Gasteiger partial charge in [-0.05, 0) is 24.6 Å². The molecular formula is C11H15FN2O5S2. The molecule has 0 aliphatic carbocycles. The molecule has 7 nitrogen and oxygen atoms in total. The topological polar surface area (TPSA) is 123 Å². The van der Waals surface area contributed by atoms with Crippen LogP contribution in [0.3, 0.4) is 0 Å². The zero-order valence-corrected chi connectivity index (χ0v) is 12.8. The summed E-state index contributed by atoms with van der Waals surface area (Å²) in [5, 5.41) is 7.24. The van der Waals surface area contributed by atoms with Crippen molar-refractivity contribution in [1.82, 2.24) is 5.32 Å². The number of amides is 1. The van der Waals surface area contributed by atoms with E-state index in [9.17, 15) is 26.0 Å². The molecule has 0 saturated heterocycles. The van der Waals surface area contributed by atoms with Crippen molar-refractivity contribution < 1.29 is 26.0 Å². The first-order valence-corrected chi connectivity index (χ1v) is 9.39. The van der Waals surface area contributed by atoms with Crippen molar-refractivity contribution in [3.05, 3.63) is 29.6 Å². The second-order valence-corrected chi connectivity index (χ2v) is 8.28. The maximum Gasteiger partial charge on any atom is 0.251 e. The average Bonchev–Trinajstić information content (AvgIpc) is 2.31. The number of benzene rings is 1. The van der Waals surface area contributed by atoms with Gasteiger partial charge in [0.25, 0.3) is 5.91 Å². The van der Waals surface area contributed by atoms with Gasteiger partial charge in [-0.25, -0.2) is 26.4 Å². The Hall–Kier alpha value is -1.52. The van der Waals surface area contributed by atoms with Crippen LogP contribution in [0.4, 0.5) is 4.39 Å². The first-order valence-electron chi connectivity index (χ1n) is 5.78. The molecule has 118 valence electrons. The van der Waals surface area contributed by atoms with Crippen molar-refractivity contribution in [3.63, 3.8) is 0 Å². The van der Waals surface area contributed by atoms with Gasteiger partial charge in [-0.15, -0.1) is 0 Å². The van der Waals surface area contributed by atoms with Crippen molar-refractivity contribution in [1.29, 1.82) is 0 Å². The van der Waals surface area contributed by atoms with E-state index in [4.69, 9.17) is 5.14 Å². The Morgan fingerprint density at radius 3 is 2.38 bits per heavy atom. The van der Waals surface area contributed by atoms with Gasteiger partial charge in [0.2, 0.25) is 10.0 Å². The molecular weight excluding hydrogens is 323 g/mol. The molecule has 0 aliphatic heterocycles. The molecule has 0 aromatic heterocycles. The van der Waals surface area contributed by atoms with E-state index in [2.05, 4.69) is 5.32 Å². The van der Waals surface area contributed by atoms with Gasteiger partial charge in [0.15, 0.2) is 0 Å². The van der Waals surface area contributed by atoms with E-state index in [1.54, 1.807) is 0 Å². The van der Waals surface area contributed by atoms with Gasteiger partial charge in [-0.1, -0.05) is 0 Å². The Labute approximate surface area is 122 Å². The van der Waals surface area contributed by atoms with Gasteiger partial charge in [-0.3, -0.25) is 4.79 Å². The quantitative estimate of drug-likeness (QED) is 0.686. The molecule has 1 rings (SSSR count). The Morgan fingerprint density at radius 2 is 1.86 bits per heavy atom. The monoisotopic (exact) mass is 338 g/mol. The molecule has 21 heavy (non-hydrogen) atoms. The molecule has 0 saturated carbocycles. The maximum atomic E-state index is 13.3. The minimum Gasteiger partial charge on any atom is -0.352 e. The summed E-state index contributed by atoms with van der Waals surface area (Å²) in [5.41, 5.74) is -0.210. The number of primary sulfonamides is 1. The lowest BCUT2D eigenvalue weighted by Crippen LogP contribution is -2.26. The number of halogens is 1. The minimum absolute atomic E-state index is 0.0626. The Kier molecular flexibility index (Phi) is 5.42. The van der Waals surface area contributed by atoms with Crippen LogP contribution in [0.5, 0.6) is 0 Å². The summed E-state index contributed by atoms with van der Waals surface area (Å²) in [6, 6.07) is 2.51. The molecule has 0 unspecified atom stereocenters. The highest BCUT2D eigenvalue weighted by Crippen LogP contribution is 2.13. The summed E-state index contributed by atoms with van der Waals surface area (Å²) in [7, 11) is -7.25. The van der Waals surface area contributed by atoms with Crippen LogP contribution in [0.25, 0.3) is 0 Å². The molecule has 0 heterocycles. The maximum absolute atomic E-state index is 13.3. The highest BCUT2D eigenvalue weighted by molar-refractivity contribution is 7.90. The molecule has 0 aliphatic rings. The third-order valence-corrected chi connectivity index (χ3v) is 4.36. The predicted molar refractivity (Wildman–Crippen MR) is 74.4 cm³/mol. The highest BCUT2D eigenvalue weighted by Gasteiger charge is 2.14. The number of sulfonamides is 1. The molecule has 1 aromatic carbocycles. The number of carbonyl (C=O) groups is 1. The fraction of sp³-hybridized carbons (Fsp3) is 0.364. The number of carbonyl (C=O) groups excluding carboxylic acids is 1. The van der Waals surface area contributed by atoms with Crippen LogP contribution in [0, 0.1) is 5.82 Å². The molecule has 1 aromatic rings. The molecule has 0 spiro atoms. The minimum atomic E-state index is -4.13. The summed E-state index contributed by atoms with van der Waals surface area (Å²) in [5.74, 6) is -1.73. The lowest BCUT2D eigenvalue weighted by atomic mass is 10.2. The van der Waals surface area contributed by atoms with E-state index in [1.807, 2.05) is 0 Å². The van der Waals surface area contributed by atoms with Crippen LogP contribution in [0.15, 0.2) is 23.1 Å². The van der Waals surface area contributed by atoms with Crippen LogP contribution in [-0.4, -0.2) is 41.3 Å². The second kappa shape index (κ2) is 6.50. The molecule has 3 N–H and O–H groups in total. The van der Waals surface area contributed by atoms with Crippen molar-refractivity contribution in [2.45, 2.75) is 11.3 Å². The van der Waals surface area contributed by atoms with E-state index in [0.717, 1.165) is 18.4 Å². The van der Waals surface area contributed by atoms with Gasteiger partial charge >= 0.3 is 0 Å². The molecule has 1 amide bonds. The van der Waals surface area contributed by atoms with E-state index < -0.39 is 36.5 Å². The Morgan fingerprint density at radius 1 is 1.24 bits per heavy atom. The summed E-state index contributed by atoms with van der Waals surface area (Å²) >= 11 is 0. The van der Waals surface area contributed by atoms with Gasteiger partial charge in [0.05, 0.1) is 10.6 Å². The van der Waals surface area contributed by atoms with Crippen LogP contribution in [0.1, 0.15) is 16.8 Å². The standard InChI is InChI=1S/C11H15FN2O5S2/c1-20(16,17)4-2-3-14-11(15)8-5-9(12)7-10(6-8)21(13,18)19/h5-7H,2-4H2,1H3,(H,14,15)(H2,13,18,19). The van der Waals surface area contributed by atoms with Crippen molar-refractivity contribution in [3.8, 4) is 0 Å². The van der Waals surface area contributed by atoms with E-state index in [-0.39, 0.29) is 24.3 Å². The first kappa shape index (κ1) is 17.5. The third-order valence-electron chi connectivity index (χ3n) is 2.44. The zero-order valence-electron chi connectivity index (χ0n) is 11.2. The van der Waals surface area contributed by atoms with Crippen LogP contribution in [0.2, 0.25) is 0 Å². The van der Waals surface area contributed by atoms with E-state index in [1.165, 1.54) is 0 Å². The number of hydrogen-bond donors (Lipinski definition) is 2. The summed E-state index contributed by atoms with van der Waals surface area (Å²) < 4.78 is 57.4. The summed E-state index contributed by atoms with van der Waals surface area (Å²) in [6.45, 7) is 0.0626. The lowest BCUT2D eigenvalue weighted by Gasteiger charge is -2.06.